The molecule has 0 unspecified atom stereocenters. The van der Waals surface area contributed by atoms with Gasteiger partial charge in [-0.2, -0.15) is 0 Å². The molecule has 1 aromatic rings. The standard InChI is InChI=1S/C10H10FNO6S/c1-18-8(13)5-19(16,17)12-9-6(10(14)15)3-2-4-7(9)11/h2-4,12H,5H2,1H3,(H,14,15). The zero-order valence-corrected chi connectivity index (χ0v) is 10.5. The second kappa shape index (κ2) is 5.65. The first-order valence-corrected chi connectivity index (χ1v) is 6.51. The molecular weight excluding hydrogens is 281 g/mol. The fourth-order valence-electron chi connectivity index (χ4n) is 1.21. The van der Waals surface area contributed by atoms with E-state index >= 15 is 0 Å². The van der Waals surface area contributed by atoms with E-state index in [1.54, 1.807) is 4.72 Å². The number of rotatable bonds is 5. The molecule has 0 fully saturated rings. The Balaban J connectivity index is 3.12. The van der Waals surface area contributed by atoms with Gasteiger partial charge >= 0.3 is 11.9 Å². The number of nitrogens with one attached hydrogen (secondary N) is 1. The van der Waals surface area contributed by atoms with Crippen molar-refractivity contribution >= 4 is 27.6 Å². The molecule has 0 bridgehead atoms. The van der Waals surface area contributed by atoms with Crippen molar-refractivity contribution in [2.75, 3.05) is 17.6 Å². The van der Waals surface area contributed by atoms with Gasteiger partial charge in [-0.3, -0.25) is 9.52 Å². The van der Waals surface area contributed by atoms with Gasteiger partial charge in [0.25, 0.3) is 0 Å². The lowest BCUT2D eigenvalue weighted by atomic mass is 10.2. The Hall–Kier alpha value is -2.16. The van der Waals surface area contributed by atoms with E-state index in [2.05, 4.69) is 4.74 Å². The minimum Gasteiger partial charge on any atom is -0.478 e. The summed E-state index contributed by atoms with van der Waals surface area (Å²) in [6.07, 6.45) is 0. The minimum atomic E-state index is -4.25. The average molecular weight is 291 g/mol. The van der Waals surface area contributed by atoms with Crippen LogP contribution in [-0.2, 0) is 19.6 Å². The second-order valence-corrected chi connectivity index (χ2v) is 5.13. The van der Waals surface area contributed by atoms with Gasteiger partial charge in [0.2, 0.25) is 10.0 Å². The number of halogens is 1. The second-order valence-electron chi connectivity index (χ2n) is 3.40. The molecule has 0 radical (unpaired) electrons. The summed E-state index contributed by atoms with van der Waals surface area (Å²) in [5, 5.41) is 8.82. The van der Waals surface area contributed by atoms with Crippen LogP contribution in [0.15, 0.2) is 18.2 Å². The van der Waals surface area contributed by atoms with Crippen LogP contribution in [0, 0.1) is 5.82 Å². The van der Waals surface area contributed by atoms with Crippen LogP contribution in [0.4, 0.5) is 10.1 Å². The van der Waals surface area contributed by atoms with Crippen LogP contribution in [0.1, 0.15) is 10.4 Å². The highest BCUT2D eigenvalue weighted by Gasteiger charge is 2.22. The molecule has 0 saturated carbocycles. The number of sulfonamides is 1. The SMILES string of the molecule is COC(=O)CS(=O)(=O)Nc1c(F)cccc1C(=O)O. The number of carbonyl (C=O) groups excluding carboxylic acids is 1. The Labute approximate surface area is 108 Å². The van der Waals surface area contributed by atoms with Gasteiger partial charge in [-0.05, 0) is 12.1 Å². The van der Waals surface area contributed by atoms with Gasteiger partial charge in [0.1, 0.15) is 5.82 Å². The van der Waals surface area contributed by atoms with E-state index in [1.807, 2.05) is 0 Å². The molecule has 0 amide bonds. The first-order valence-electron chi connectivity index (χ1n) is 4.86. The summed E-state index contributed by atoms with van der Waals surface area (Å²) in [5.41, 5.74) is -1.28. The lowest BCUT2D eigenvalue weighted by molar-refractivity contribution is -0.137. The minimum absolute atomic E-state index is 0.562. The number of para-hydroxylation sites is 1. The lowest BCUT2D eigenvalue weighted by Gasteiger charge is -2.10. The summed E-state index contributed by atoms with van der Waals surface area (Å²) >= 11 is 0. The molecule has 104 valence electrons. The molecule has 0 spiro atoms. The molecule has 0 heterocycles. The molecule has 0 aliphatic heterocycles. The number of carboxylic acids is 1. The monoisotopic (exact) mass is 291 g/mol. The summed E-state index contributed by atoms with van der Waals surface area (Å²) in [6, 6.07) is 3.04. The molecule has 0 saturated heterocycles. The zero-order valence-electron chi connectivity index (χ0n) is 9.71. The van der Waals surface area contributed by atoms with Gasteiger partial charge in [0.15, 0.2) is 5.75 Å². The quantitative estimate of drug-likeness (QED) is 0.762. The number of anilines is 1. The lowest BCUT2D eigenvalue weighted by Crippen LogP contribution is -2.25. The van der Waals surface area contributed by atoms with Crippen molar-refractivity contribution in [2.45, 2.75) is 0 Å². The molecule has 1 aromatic carbocycles. The van der Waals surface area contributed by atoms with E-state index < -0.39 is 44.8 Å². The molecule has 7 nitrogen and oxygen atoms in total. The number of ether oxygens (including phenoxy) is 1. The number of benzene rings is 1. The number of hydrogen-bond donors (Lipinski definition) is 2. The highest BCUT2D eigenvalue weighted by Crippen LogP contribution is 2.21. The molecule has 19 heavy (non-hydrogen) atoms. The van der Waals surface area contributed by atoms with Crippen LogP contribution in [0.25, 0.3) is 0 Å². The van der Waals surface area contributed by atoms with E-state index in [1.165, 1.54) is 0 Å². The first kappa shape index (κ1) is 14.9. The van der Waals surface area contributed by atoms with Gasteiger partial charge in [0.05, 0.1) is 18.4 Å². The molecule has 0 atom stereocenters. The first-order chi connectivity index (χ1) is 8.76. The molecule has 9 heteroatoms. The van der Waals surface area contributed by atoms with Gasteiger partial charge in [-0.15, -0.1) is 0 Å². The fraction of sp³-hybridized carbons (Fsp3) is 0.200. The summed E-state index contributed by atoms with van der Waals surface area (Å²) in [4.78, 5) is 21.7. The Morgan fingerprint density at radius 1 is 1.42 bits per heavy atom. The summed E-state index contributed by atoms with van der Waals surface area (Å²) in [7, 11) is -3.26. The van der Waals surface area contributed by atoms with Crippen LogP contribution in [0.2, 0.25) is 0 Å². The maximum atomic E-state index is 13.5. The van der Waals surface area contributed by atoms with Crippen molar-refractivity contribution < 1.29 is 32.2 Å². The van der Waals surface area contributed by atoms with E-state index in [-0.39, 0.29) is 0 Å². The maximum Gasteiger partial charge on any atom is 0.337 e. The van der Waals surface area contributed by atoms with Crippen LogP contribution in [0.5, 0.6) is 0 Å². The predicted octanol–water partition coefficient (Wildman–Crippen LogP) is 0.439. The average Bonchev–Trinajstić information content (AvgIpc) is 2.30. The van der Waals surface area contributed by atoms with Crippen molar-refractivity contribution in [3.05, 3.63) is 29.6 Å². The number of hydrogen-bond acceptors (Lipinski definition) is 5. The molecule has 0 aliphatic rings. The third kappa shape index (κ3) is 3.91. The third-order valence-corrected chi connectivity index (χ3v) is 3.17. The summed E-state index contributed by atoms with van der Waals surface area (Å²) in [5.74, 6) is -4.67. The number of methoxy groups -OCH3 is 1. The Kier molecular flexibility index (Phi) is 4.43. The van der Waals surface area contributed by atoms with Crippen molar-refractivity contribution in [3.8, 4) is 0 Å². The normalized spacial score (nSPS) is 10.8. The highest BCUT2D eigenvalue weighted by molar-refractivity contribution is 7.93. The number of esters is 1. The van der Waals surface area contributed by atoms with Gasteiger partial charge < -0.3 is 9.84 Å². The molecule has 0 aromatic heterocycles. The van der Waals surface area contributed by atoms with E-state index in [4.69, 9.17) is 5.11 Å². The van der Waals surface area contributed by atoms with Crippen molar-refractivity contribution in [3.63, 3.8) is 0 Å². The van der Waals surface area contributed by atoms with Crippen molar-refractivity contribution in [2.24, 2.45) is 0 Å². The van der Waals surface area contributed by atoms with Gasteiger partial charge in [0, 0.05) is 0 Å². The van der Waals surface area contributed by atoms with Gasteiger partial charge in [-0.1, -0.05) is 6.07 Å². The van der Waals surface area contributed by atoms with Crippen molar-refractivity contribution in [1.82, 2.24) is 0 Å². The number of carbonyl (C=O) groups is 2. The van der Waals surface area contributed by atoms with Gasteiger partial charge in [-0.25, -0.2) is 17.6 Å². The molecule has 0 aliphatic carbocycles. The van der Waals surface area contributed by atoms with Crippen molar-refractivity contribution in [1.29, 1.82) is 0 Å². The smallest absolute Gasteiger partial charge is 0.337 e. The Morgan fingerprint density at radius 2 is 2.05 bits per heavy atom. The third-order valence-electron chi connectivity index (χ3n) is 2.04. The number of carboxylic acid groups (broad SMARTS) is 1. The largest absolute Gasteiger partial charge is 0.478 e. The highest BCUT2D eigenvalue weighted by atomic mass is 32.2. The van der Waals surface area contributed by atoms with E-state index in [9.17, 15) is 22.4 Å². The van der Waals surface area contributed by atoms with Crippen LogP contribution < -0.4 is 4.72 Å². The summed E-state index contributed by atoms with van der Waals surface area (Å²) in [6.45, 7) is 0. The van der Waals surface area contributed by atoms with E-state index in [0.717, 1.165) is 25.3 Å². The Bertz CT molecular complexity index is 612. The Morgan fingerprint density at radius 3 is 2.58 bits per heavy atom. The fourth-order valence-corrected chi connectivity index (χ4v) is 2.23. The summed E-state index contributed by atoms with van der Waals surface area (Å²) < 4.78 is 42.4. The van der Waals surface area contributed by atoms with Crippen LogP contribution in [-0.4, -0.2) is 38.3 Å². The topological polar surface area (TPSA) is 110 Å². The molecule has 1 rings (SSSR count). The molecular formula is C10H10FNO6S. The van der Waals surface area contributed by atoms with E-state index in [0.29, 0.717) is 0 Å². The van der Waals surface area contributed by atoms with Crippen LogP contribution >= 0.6 is 0 Å². The number of aromatic carboxylic acids is 1. The zero-order chi connectivity index (χ0) is 14.6. The maximum absolute atomic E-state index is 13.5. The van der Waals surface area contributed by atoms with Crippen LogP contribution in [0.3, 0.4) is 0 Å². The predicted molar refractivity (Wildman–Crippen MR) is 62.8 cm³/mol. The molecule has 2 N–H and O–H groups in total.